The van der Waals surface area contributed by atoms with Crippen molar-refractivity contribution in [3.8, 4) is 0 Å². The van der Waals surface area contributed by atoms with E-state index in [1.54, 1.807) is 0 Å². The van der Waals surface area contributed by atoms with Crippen LogP contribution in [-0.4, -0.2) is 40.8 Å². The zero-order chi connectivity index (χ0) is 9.02. The highest BCUT2D eigenvalue weighted by molar-refractivity contribution is 7.51. The summed E-state index contributed by atoms with van der Waals surface area (Å²) in [6.45, 7) is 0.767. The van der Waals surface area contributed by atoms with Crippen molar-refractivity contribution >= 4 is 19.0 Å². The molecule has 0 aliphatic rings. The Balaban J connectivity index is 4.53. The normalized spacial score (nSPS) is 15.6. The molecule has 64 valence electrons. The standard InChI is InChI=1S/C5H10NO4P/c1-11(10)3(2-7)4(6)5(8)9/h4,7H,2,6H2,1H3,(H,8,9)/t4-/m0/s1. The van der Waals surface area contributed by atoms with E-state index in [1.807, 2.05) is 0 Å². The summed E-state index contributed by atoms with van der Waals surface area (Å²) in [5.41, 5.74) is 5.09. The Morgan fingerprint density at radius 1 is 1.82 bits per heavy atom. The van der Waals surface area contributed by atoms with Crippen molar-refractivity contribution in [2.24, 2.45) is 5.73 Å². The predicted molar refractivity (Wildman–Crippen MR) is 40.5 cm³/mol. The molecule has 0 heterocycles. The molecule has 11 heavy (non-hydrogen) atoms. The van der Waals surface area contributed by atoms with Crippen LogP contribution < -0.4 is 10.6 Å². The van der Waals surface area contributed by atoms with Crippen molar-refractivity contribution in [3.05, 3.63) is 0 Å². The molecule has 5 nitrogen and oxygen atoms in total. The molecule has 0 radical (unpaired) electrons. The van der Waals surface area contributed by atoms with E-state index in [0.29, 0.717) is 0 Å². The number of hydrogen-bond acceptors (Lipinski definition) is 4. The van der Waals surface area contributed by atoms with Crippen molar-refractivity contribution in [3.63, 3.8) is 0 Å². The monoisotopic (exact) mass is 179 g/mol. The summed E-state index contributed by atoms with van der Waals surface area (Å²) < 4.78 is 0. The lowest BCUT2D eigenvalue weighted by Gasteiger charge is -2.05. The van der Waals surface area contributed by atoms with E-state index in [2.05, 4.69) is 0 Å². The number of carboxylic acids is 1. The maximum absolute atomic E-state index is 10.7. The number of aliphatic carboxylic acids is 1. The van der Waals surface area contributed by atoms with Crippen LogP contribution in [0.3, 0.4) is 0 Å². The number of rotatable bonds is 3. The van der Waals surface area contributed by atoms with Crippen LogP contribution >= 0.6 is 7.77 Å². The topological polar surface area (TPSA) is 107 Å². The summed E-state index contributed by atoms with van der Waals surface area (Å²) in [5, 5.41) is 16.9. The summed E-state index contributed by atoms with van der Waals surface area (Å²) >= 11 is 0. The van der Waals surface area contributed by atoms with Crippen LogP contribution in [0.15, 0.2) is 0 Å². The van der Waals surface area contributed by atoms with Gasteiger partial charge in [-0.25, -0.2) is 0 Å². The van der Waals surface area contributed by atoms with Gasteiger partial charge in [0.05, 0.1) is 14.4 Å². The van der Waals surface area contributed by atoms with Crippen LogP contribution in [0, 0.1) is 0 Å². The molecule has 0 aliphatic heterocycles. The molecule has 0 bridgehead atoms. The average molecular weight is 179 g/mol. The van der Waals surface area contributed by atoms with Crippen LogP contribution in [0.4, 0.5) is 0 Å². The van der Waals surface area contributed by atoms with Gasteiger partial charge in [0.25, 0.3) is 0 Å². The van der Waals surface area contributed by atoms with Gasteiger partial charge in [0.2, 0.25) is 0 Å². The second-order valence-electron chi connectivity index (χ2n) is 1.96. The molecular weight excluding hydrogens is 169 g/mol. The van der Waals surface area contributed by atoms with Gasteiger partial charge in [0.1, 0.15) is 11.9 Å². The van der Waals surface area contributed by atoms with Gasteiger partial charge in [-0.15, -0.1) is 0 Å². The summed E-state index contributed by atoms with van der Waals surface area (Å²) in [6.07, 6.45) is 0. The summed E-state index contributed by atoms with van der Waals surface area (Å²) in [7, 11) is -1.83. The fourth-order valence-electron chi connectivity index (χ4n) is 0.536. The van der Waals surface area contributed by atoms with Crippen LogP contribution in [0.25, 0.3) is 0 Å². The van der Waals surface area contributed by atoms with Crippen LogP contribution in [0.5, 0.6) is 0 Å². The Kier molecular flexibility index (Phi) is 4.22. The van der Waals surface area contributed by atoms with Gasteiger partial charge in [-0.1, -0.05) is 0 Å². The minimum atomic E-state index is -1.83. The zero-order valence-corrected chi connectivity index (χ0v) is 6.91. The van der Waals surface area contributed by atoms with E-state index in [9.17, 15) is 9.69 Å². The second kappa shape index (κ2) is 4.41. The highest BCUT2D eigenvalue weighted by atomic mass is 31.1. The molecule has 0 spiro atoms. The molecule has 0 fully saturated rings. The molecule has 0 saturated carbocycles. The molecule has 1 unspecified atom stereocenters. The average Bonchev–Trinajstić information content (AvgIpc) is 1.88. The van der Waals surface area contributed by atoms with Gasteiger partial charge in [-0.3, -0.25) is 4.79 Å². The highest BCUT2D eigenvalue weighted by Gasteiger charge is 2.22. The molecule has 4 N–H and O–H groups in total. The highest BCUT2D eigenvalue weighted by Crippen LogP contribution is 2.08. The van der Waals surface area contributed by atoms with Crippen molar-refractivity contribution in [2.75, 3.05) is 13.3 Å². The maximum Gasteiger partial charge on any atom is 0.328 e. The number of carbonyl (C=O) groups is 1. The Morgan fingerprint density at radius 2 is 2.27 bits per heavy atom. The molecule has 0 aromatic rings. The maximum atomic E-state index is 10.7. The van der Waals surface area contributed by atoms with E-state index < -0.39 is 26.4 Å². The van der Waals surface area contributed by atoms with Crippen LogP contribution in [-0.2, 0) is 4.79 Å². The van der Waals surface area contributed by atoms with E-state index in [-0.39, 0.29) is 5.29 Å². The van der Waals surface area contributed by atoms with Gasteiger partial charge < -0.3 is 20.8 Å². The summed E-state index contributed by atoms with van der Waals surface area (Å²) in [5.74, 6) is -1.28. The largest absolute Gasteiger partial charge is 0.631 e. The Bertz CT molecular complexity index is 187. The smallest absolute Gasteiger partial charge is 0.328 e. The second-order valence-corrected chi connectivity index (χ2v) is 3.53. The van der Waals surface area contributed by atoms with Crippen LogP contribution in [0.1, 0.15) is 0 Å². The van der Waals surface area contributed by atoms with Crippen molar-refractivity contribution in [1.82, 2.24) is 0 Å². The fraction of sp³-hybridized carbons (Fsp3) is 0.600. The van der Waals surface area contributed by atoms with E-state index in [1.165, 1.54) is 6.66 Å². The number of aliphatic hydroxyl groups excluding tert-OH is 1. The Labute approximate surface area is 64.9 Å². The third kappa shape index (κ3) is 2.95. The first-order valence-corrected chi connectivity index (χ1v) is 4.57. The number of aliphatic hydroxyl groups is 1. The number of carboxylic acid groups (broad SMARTS) is 1. The van der Waals surface area contributed by atoms with Crippen molar-refractivity contribution < 1.29 is 19.9 Å². The van der Waals surface area contributed by atoms with Gasteiger partial charge in [-0.2, -0.15) is 0 Å². The molecule has 0 aliphatic carbocycles. The molecular formula is C5H10NO4P. The molecule has 6 heteroatoms. The number of hydrogen-bond donors (Lipinski definition) is 3. The third-order valence-corrected chi connectivity index (χ3v) is 2.42. The van der Waals surface area contributed by atoms with Gasteiger partial charge >= 0.3 is 5.97 Å². The Morgan fingerprint density at radius 3 is 2.36 bits per heavy atom. The molecule has 0 rings (SSSR count). The van der Waals surface area contributed by atoms with E-state index in [4.69, 9.17) is 15.9 Å². The summed E-state index contributed by atoms with van der Waals surface area (Å²) in [4.78, 5) is 20.9. The molecule has 0 saturated heterocycles. The van der Waals surface area contributed by atoms with Crippen molar-refractivity contribution in [2.45, 2.75) is 6.04 Å². The van der Waals surface area contributed by atoms with E-state index >= 15 is 0 Å². The Hall–Kier alpha value is -0.480. The lowest BCUT2D eigenvalue weighted by molar-refractivity contribution is -0.152. The number of nitrogens with two attached hydrogens (primary N) is 1. The first kappa shape index (κ1) is 10.5. The fourth-order valence-corrected chi connectivity index (χ4v) is 1.24. The minimum absolute atomic E-state index is 0.0347. The quantitative estimate of drug-likeness (QED) is 0.432. The predicted octanol–water partition coefficient (Wildman–Crippen LogP) is -2.05. The third-order valence-electron chi connectivity index (χ3n) is 1.19. The lowest BCUT2D eigenvalue weighted by atomic mass is 10.2. The first-order chi connectivity index (χ1) is 5.00. The first-order valence-electron chi connectivity index (χ1n) is 2.86. The van der Waals surface area contributed by atoms with Crippen LogP contribution in [0.2, 0.25) is 0 Å². The van der Waals surface area contributed by atoms with Gasteiger partial charge in [-0.05, 0) is 0 Å². The zero-order valence-electron chi connectivity index (χ0n) is 6.02. The van der Waals surface area contributed by atoms with Gasteiger partial charge in [0, 0.05) is 0 Å². The lowest BCUT2D eigenvalue weighted by Crippen LogP contribution is -2.40. The SMILES string of the molecule is C[P+]([O-])=C(CO)[C@H](N)C(=O)O. The van der Waals surface area contributed by atoms with Crippen molar-refractivity contribution in [1.29, 1.82) is 0 Å². The molecule has 0 aromatic carbocycles. The van der Waals surface area contributed by atoms with E-state index in [0.717, 1.165) is 0 Å². The molecule has 2 atom stereocenters. The summed E-state index contributed by atoms with van der Waals surface area (Å²) in [6, 6.07) is -1.33. The minimum Gasteiger partial charge on any atom is -0.631 e. The van der Waals surface area contributed by atoms with Gasteiger partial charge in [0.15, 0.2) is 6.04 Å². The molecule has 0 aromatic heterocycles. The molecule has 0 amide bonds.